The van der Waals surface area contributed by atoms with Crippen molar-refractivity contribution in [1.82, 2.24) is 4.90 Å². The number of nitrogens with zero attached hydrogens (tertiary/aromatic N) is 1. The van der Waals surface area contributed by atoms with Gasteiger partial charge in [-0.15, -0.1) is 0 Å². The van der Waals surface area contributed by atoms with Crippen LogP contribution in [0.5, 0.6) is 11.5 Å². The van der Waals surface area contributed by atoms with E-state index in [9.17, 15) is 9.59 Å². The molecule has 1 aliphatic heterocycles. The van der Waals surface area contributed by atoms with Crippen molar-refractivity contribution in [3.8, 4) is 11.5 Å². The first kappa shape index (κ1) is 19.7. The highest BCUT2D eigenvalue weighted by molar-refractivity contribution is 5.92. The van der Waals surface area contributed by atoms with E-state index >= 15 is 0 Å². The van der Waals surface area contributed by atoms with Crippen LogP contribution in [0.1, 0.15) is 18.4 Å². The number of hydrogen-bond donors (Lipinski definition) is 1. The minimum absolute atomic E-state index is 0.0129. The van der Waals surface area contributed by atoms with Gasteiger partial charge in [-0.25, -0.2) is 0 Å². The molecule has 0 aromatic heterocycles. The van der Waals surface area contributed by atoms with Crippen LogP contribution in [-0.4, -0.2) is 43.5 Å². The van der Waals surface area contributed by atoms with E-state index in [0.29, 0.717) is 37.4 Å². The third-order valence-corrected chi connectivity index (χ3v) is 4.93. The fraction of sp³-hybridized carbons (Fsp3) is 0.364. The zero-order valence-electron chi connectivity index (χ0n) is 16.3. The number of methoxy groups -OCH3 is 1. The van der Waals surface area contributed by atoms with Gasteiger partial charge in [0.05, 0.1) is 7.11 Å². The number of aryl methyl sites for hydroxylation is 1. The molecule has 1 fully saturated rings. The highest BCUT2D eigenvalue weighted by atomic mass is 16.5. The standard InChI is InChI=1S/C22H26N2O4/c1-16-8-9-19(20(14-16)27-2)28-15-21(25)24-12-10-17(11-13-24)22(26)23-18-6-4-3-5-7-18/h3-9,14,17H,10-13,15H2,1-2H3,(H,23,26). The Kier molecular flexibility index (Phi) is 6.53. The first-order valence-corrected chi connectivity index (χ1v) is 9.48. The fourth-order valence-corrected chi connectivity index (χ4v) is 3.28. The highest BCUT2D eigenvalue weighted by Gasteiger charge is 2.27. The summed E-state index contributed by atoms with van der Waals surface area (Å²) in [4.78, 5) is 26.6. The summed E-state index contributed by atoms with van der Waals surface area (Å²) < 4.78 is 11.0. The number of nitrogens with one attached hydrogen (secondary N) is 1. The Hall–Kier alpha value is -3.02. The summed E-state index contributed by atoms with van der Waals surface area (Å²) in [6.45, 7) is 3.04. The van der Waals surface area contributed by atoms with Crippen molar-refractivity contribution in [2.24, 2.45) is 5.92 Å². The van der Waals surface area contributed by atoms with Crippen molar-refractivity contribution in [2.75, 3.05) is 32.1 Å². The number of para-hydroxylation sites is 1. The Balaban J connectivity index is 1.47. The van der Waals surface area contributed by atoms with E-state index in [0.717, 1.165) is 11.3 Å². The normalized spacial score (nSPS) is 14.4. The van der Waals surface area contributed by atoms with E-state index < -0.39 is 0 Å². The average Bonchev–Trinajstić information content (AvgIpc) is 2.73. The molecular formula is C22H26N2O4. The van der Waals surface area contributed by atoms with Gasteiger partial charge < -0.3 is 19.7 Å². The van der Waals surface area contributed by atoms with Gasteiger partial charge >= 0.3 is 0 Å². The second-order valence-corrected chi connectivity index (χ2v) is 6.95. The van der Waals surface area contributed by atoms with Gasteiger partial charge in [0, 0.05) is 24.7 Å². The number of carbonyl (C=O) groups is 2. The largest absolute Gasteiger partial charge is 0.493 e. The van der Waals surface area contributed by atoms with Crippen LogP contribution < -0.4 is 14.8 Å². The number of carbonyl (C=O) groups excluding carboxylic acids is 2. The summed E-state index contributed by atoms with van der Waals surface area (Å²) in [7, 11) is 1.58. The van der Waals surface area contributed by atoms with Gasteiger partial charge in [0.1, 0.15) is 0 Å². The predicted octanol–water partition coefficient (Wildman–Crippen LogP) is 3.26. The summed E-state index contributed by atoms with van der Waals surface area (Å²) in [6.07, 6.45) is 1.30. The molecule has 1 saturated heterocycles. The maximum Gasteiger partial charge on any atom is 0.260 e. The van der Waals surface area contributed by atoms with Crippen molar-refractivity contribution in [1.29, 1.82) is 0 Å². The molecule has 1 heterocycles. The molecule has 0 unspecified atom stereocenters. The number of rotatable bonds is 6. The Morgan fingerprint density at radius 1 is 1.07 bits per heavy atom. The summed E-state index contributed by atoms with van der Waals surface area (Å²) in [6, 6.07) is 15.0. The molecule has 3 rings (SSSR count). The Labute approximate surface area is 165 Å². The lowest BCUT2D eigenvalue weighted by atomic mass is 9.95. The lowest BCUT2D eigenvalue weighted by Gasteiger charge is -2.31. The molecule has 6 nitrogen and oxygen atoms in total. The number of likely N-dealkylation sites (tertiary alicyclic amines) is 1. The summed E-state index contributed by atoms with van der Waals surface area (Å²) in [5.74, 6) is 1.02. The lowest BCUT2D eigenvalue weighted by Crippen LogP contribution is -2.43. The van der Waals surface area contributed by atoms with Crippen LogP contribution in [0, 0.1) is 12.8 Å². The maximum atomic E-state index is 12.5. The van der Waals surface area contributed by atoms with Gasteiger partial charge in [-0.1, -0.05) is 24.3 Å². The SMILES string of the molecule is COc1cc(C)ccc1OCC(=O)N1CCC(C(=O)Nc2ccccc2)CC1. The minimum Gasteiger partial charge on any atom is -0.493 e. The average molecular weight is 382 g/mol. The lowest BCUT2D eigenvalue weighted by molar-refractivity contribution is -0.136. The third kappa shape index (κ3) is 5.03. The van der Waals surface area contributed by atoms with Crippen molar-refractivity contribution < 1.29 is 19.1 Å². The molecule has 0 aliphatic carbocycles. The Morgan fingerprint density at radius 3 is 2.46 bits per heavy atom. The number of ether oxygens (including phenoxy) is 2. The van der Waals surface area contributed by atoms with E-state index in [1.54, 1.807) is 12.0 Å². The topological polar surface area (TPSA) is 67.9 Å². The van der Waals surface area contributed by atoms with Gasteiger partial charge in [0.25, 0.3) is 5.91 Å². The first-order chi connectivity index (χ1) is 13.6. The molecule has 2 amide bonds. The highest BCUT2D eigenvalue weighted by Crippen LogP contribution is 2.28. The van der Waals surface area contributed by atoms with Crippen LogP contribution in [0.4, 0.5) is 5.69 Å². The molecule has 1 N–H and O–H groups in total. The number of benzene rings is 2. The number of piperidine rings is 1. The van der Waals surface area contributed by atoms with E-state index in [2.05, 4.69) is 5.32 Å². The van der Waals surface area contributed by atoms with Crippen LogP contribution in [0.3, 0.4) is 0 Å². The van der Waals surface area contributed by atoms with E-state index in [1.165, 1.54) is 0 Å². The van der Waals surface area contributed by atoms with Crippen LogP contribution in [0.25, 0.3) is 0 Å². The molecule has 0 saturated carbocycles. The zero-order chi connectivity index (χ0) is 19.9. The quantitative estimate of drug-likeness (QED) is 0.833. The van der Waals surface area contributed by atoms with Crippen molar-refractivity contribution in [3.63, 3.8) is 0 Å². The molecule has 0 bridgehead atoms. The second kappa shape index (κ2) is 9.26. The predicted molar refractivity (Wildman–Crippen MR) is 108 cm³/mol. The van der Waals surface area contributed by atoms with Crippen LogP contribution in [-0.2, 0) is 9.59 Å². The van der Waals surface area contributed by atoms with Crippen LogP contribution in [0.2, 0.25) is 0 Å². The van der Waals surface area contributed by atoms with Crippen molar-refractivity contribution >= 4 is 17.5 Å². The smallest absolute Gasteiger partial charge is 0.260 e. The summed E-state index contributed by atoms with van der Waals surface area (Å²) in [5, 5.41) is 2.94. The molecule has 6 heteroatoms. The molecule has 2 aromatic rings. The van der Waals surface area contributed by atoms with Gasteiger partial charge in [-0.2, -0.15) is 0 Å². The first-order valence-electron chi connectivity index (χ1n) is 9.48. The second-order valence-electron chi connectivity index (χ2n) is 6.95. The van der Waals surface area contributed by atoms with E-state index in [4.69, 9.17) is 9.47 Å². The van der Waals surface area contributed by atoms with Crippen molar-refractivity contribution in [2.45, 2.75) is 19.8 Å². The zero-order valence-corrected chi connectivity index (χ0v) is 16.3. The molecule has 2 aromatic carbocycles. The molecular weight excluding hydrogens is 356 g/mol. The van der Waals surface area contributed by atoms with Gasteiger partial charge in [-0.05, 0) is 49.6 Å². The molecule has 28 heavy (non-hydrogen) atoms. The molecule has 0 spiro atoms. The minimum atomic E-state index is -0.0811. The molecule has 0 atom stereocenters. The van der Waals surface area contributed by atoms with E-state index in [1.807, 2.05) is 55.5 Å². The molecule has 1 aliphatic rings. The van der Waals surface area contributed by atoms with Crippen LogP contribution in [0.15, 0.2) is 48.5 Å². The number of amides is 2. The summed E-state index contributed by atoms with van der Waals surface area (Å²) in [5.41, 5.74) is 1.86. The summed E-state index contributed by atoms with van der Waals surface area (Å²) >= 11 is 0. The van der Waals surface area contributed by atoms with Gasteiger partial charge in [0.2, 0.25) is 5.91 Å². The Morgan fingerprint density at radius 2 is 1.79 bits per heavy atom. The fourth-order valence-electron chi connectivity index (χ4n) is 3.28. The van der Waals surface area contributed by atoms with Gasteiger partial charge in [0.15, 0.2) is 18.1 Å². The molecule has 148 valence electrons. The van der Waals surface area contributed by atoms with E-state index in [-0.39, 0.29) is 24.3 Å². The van der Waals surface area contributed by atoms with Crippen LogP contribution >= 0.6 is 0 Å². The maximum absolute atomic E-state index is 12.5. The monoisotopic (exact) mass is 382 g/mol. The Bertz CT molecular complexity index is 815. The van der Waals surface area contributed by atoms with Crippen molar-refractivity contribution in [3.05, 3.63) is 54.1 Å². The number of anilines is 1. The number of hydrogen-bond acceptors (Lipinski definition) is 4. The third-order valence-electron chi connectivity index (χ3n) is 4.93. The molecule has 0 radical (unpaired) electrons. The van der Waals surface area contributed by atoms with Gasteiger partial charge in [-0.3, -0.25) is 9.59 Å².